The summed E-state index contributed by atoms with van der Waals surface area (Å²) in [5, 5.41) is 4.15. The quantitative estimate of drug-likeness (QED) is 0.772. The largest absolute Gasteiger partial charge is 0.294 e. The van der Waals surface area contributed by atoms with Crippen LogP contribution in [0.25, 0.3) is 0 Å². The third-order valence-corrected chi connectivity index (χ3v) is 3.04. The first-order chi connectivity index (χ1) is 9.13. The Morgan fingerprint density at radius 1 is 1.42 bits per heavy atom. The van der Waals surface area contributed by atoms with Crippen LogP contribution in [0, 0.1) is 0 Å². The Kier molecular flexibility index (Phi) is 4.04. The summed E-state index contributed by atoms with van der Waals surface area (Å²) in [6.07, 6.45) is 5.97. The van der Waals surface area contributed by atoms with Crippen LogP contribution in [-0.4, -0.2) is 25.5 Å². The van der Waals surface area contributed by atoms with Crippen LogP contribution in [0.3, 0.4) is 0 Å². The van der Waals surface area contributed by atoms with Gasteiger partial charge in [-0.15, -0.1) is 0 Å². The maximum atomic E-state index is 12.4. The van der Waals surface area contributed by atoms with Gasteiger partial charge in [0.15, 0.2) is 5.78 Å². The lowest BCUT2D eigenvalue weighted by atomic mass is 10.0. The lowest BCUT2D eigenvalue weighted by molar-refractivity contribution is 0.0988. The number of hydrogen-bond acceptors (Lipinski definition) is 4. The number of Topliss-reactive ketones (excluding diaryl/α,β-unsaturated/α-hetero) is 1. The average molecular weight is 258 g/mol. The van der Waals surface area contributed by atoms with E-state index in [1.54, 1.807) is 23.1 Å². The standard InChI is InChI=1S/C14H18N4O/c1-4-11-8-15-6-5-12(11)13(19)7-14-16-9-17-18(14)10(2)3/h5-6,8-10H,4,7H2,1-3H3. The molecule has 0 atom stereocenters. The Morgan fingerprint density at radius 3 is 2.89 bits per heavy atom. The molecule has 0 N–H and O–H groups in total. The molecule has 0 fully saturated rings. The summed E-state index contributed by atoms with van der Waals surface area (Å²) in [4.78, 5) is 20.6. The Labute approximate surface area is 112 Å². The third-order valence-electron chi connectivity index (χ3n) is 3.04. The monoisotopic (exact) mass is 258 g/mol. The molecule has 2 aromatic heterocycles. The zero-order valence-corrected chi connectivity index (χ0v) is 11.5. The molecule has 0 radical (unpaired) electrons. The second-order valence-electron chi connectivity index (χ2n) is 4.70. The number of carbonyl (C=O) groups is 1. The predicted molar refractivity (Wildman–Crippen MR) is 72.1 cm³/mol. The van der Waals surface area contributed by atoms with Gasteiger partial charge < -0.3 is 0 Å². The van der Waals surface area contributed by atoms with Crippen molar-refractivity contribution in [3.8, 4) is 0 Å². The second kappa shape index (κ2) is 5.73. The summed E-state index contributed by atoms with van der Waals surface area (Å²) in [6.45, 7) is 6.06. The third kappa shape index (κ3) is 2.86. The lowest BCUT2D eigenvalue weighted by Crippen LogP contribution is -2.14. The molecule has 0 aliphatic carbocycles. The number of pyridine rings is 1. The second-order valence-corrected chi connectivity index (χ2v) is 4.70. The highest BCUT2D eigenvalue weighted by atomic mass is 16.1. The molecule has 0 saturated carbocycles. The maximum Gasteiger partial charge on any atom is 0.170 e. The summed E-state index contributed by atoms with van der Waals surface area (Å²) in [5.74, 6) is 0.771. The minimum atomic E-state index is 0.0640. The van der Waals surface area contributed by atoms with Gasteiger partial charge in [0.2, 0.25) is 0 Å². The number of hydrogen-bond donors (Lipinski definition) is 0. The van der Waals surface area contributed by atoms with E-state index in [0.717, 1.165) is 17.5 Å². The van der Waals surface area contributed by atoms with Crippen LogP contribution < -0.4 is 0 Å². The van der Waals surface area contributed by atoms with Crippen molar-refractivity contribution in [1.29, 1.82) is 0 Å². The highest BCUT2D eigenvalue weighted by Gasteiger charge is 2.15. The van der Waals surface area contributed by atoms with Crippen molar-refractivity contribution in [3.05, 3.63) is 41.7 Å². The first kappa shape index (κ1) is 13.4. The fourth-order valence-electron chi connectivity index (χ4n) is 2.05. The summed E-state index contributed by atoms with van der Waals surface area (Å²) in [7, 11) is 0. The van der Waals surface area contributed by atoms with E-state index in [2.05, 4.69) is 15.1 Å². The maximum absolute atomic E-state index is 12.4. The summed E-state index contributed by atoms with van der Waals surface area (Å²) >= 11 is 0. The highest BCUT2D eigenvalue weighted by molar-refractivity contribution is 5.98. The van der Waals surface area contributed by atoms with Gasteiger partial charge in [0.1, 0.15) is 12.2 Å². The van der Waals surface area contributed by atoms with Crippen molar-refractivity contribution in [2.45, 2.75) is 39.7 Å². The Hall–Kier alpha value is -2.04. The van der Waals surface area contributed by atoms with Gasteiger partial charge in [0, 0.05) is 24.0 Å². The van der Waals surface area contributed by atoms with Gasteiger partial charge in [-0.2, -0.15) is 5.10 Å². The molecule has 0 spiro atoms. The van der Waals surface area contributed by atoms with Crippen LogP contribution in [-0.2, 0) is 12.8 Å². The number of aromatic nitrogens is 4. The van der Waals surface area contributed by atoms with E-state index in [9.17, 15) is 4.79 Å². The smallest absolute Gasteiger partial charge is 0.170 e. The van der Waals surface area contributed by atoms with E-state index in [-0.39, 0.29) is 18.2 Å². The molecule has 0 unspecified atom stereocenters. The molecule has 0 aromatic carbocycles. The van der Waals surface area contributed by atoms with Crippen LogP contribution in [0.5, 0.6) is 0 Å². The molecule has 100 valence electrons. The number of nitrogens with zero attached hydrogens (tertiary/aromatic N) is 4. The van der Waals surface area contributed by atoms with E-state index in [1.165, 1.54) is 6.33 Å². The SMILES string of the molecule is CCc1cnccc1C(=O)Cc1ncnn1C(C)C. The molecule has 0 amide bonds. The van der Waals surface area contributed by atoms with Crippen LogP contribution in [0.2, 0.25) is 0 Å². The van der Waals surface area contributed by atoms with Crippen LogP contribution in [0.4, 0.5) is 0 Å². The first-order valence-electron chi connectivity index (χ1n) is 6.48. The van der Waals surface area contributed by atoms with Gasteiger partial charge >= 0.3 is 0 Å². The van der Waals surface area contributed by atoms with E-state index < -0.39 is 0 Å². The van der Waals surface area contributed by atoms with Crippen LogP contribution >= 0.6 is 0 Å². The van der Waals surface area contributed by atoms with Crippen LogP contribution in [0.1, 0.15) is 48.6 Å². The molecule has 0 saturated heterocycles. The van der Waals surface area contributed by atoms with Crippen molar-refractivity contribution in [1.82, 2.24) is 19.7 Å². The van der Waals surface area contributed by atoms with Crippen molar-refractivity contribution in [2.24, 2.45) is 0 Å². The zero-order valence-electron chi connectivity index (χ0n) is 11.5. The minimum absolute atomic E-state index is 0.0640. The molecule has 0 aliphatic rings. The van der Waals surface area contributed by atoms with E-state index in [1.807, 2.05) is 20.8 Å². The number of ketones is 1. The normalized spacial score (nSPS) is 10.9. The first-order valence-corrected chi connectivity index (χ1v) is 6.48. The van der Waals surface area contributed by atoms with Crippen LogP contribution in [0.15, 0.2) is 24.8 Å². The van der Waals surface area contributed by atoms with Gasteiger partial charge in [-0.3, -0.25) is 9.78 Å². The van der Waals surface area contributed by atoms with Gasteiger partial charge in [-0.1, -0.05) is 6.92 Å². The number of aryl methyl sites for hydroxylation is 1. The number of carbonyl (C=O) groups excluding carboxylic acids is 1. The van der Waals surface area contributed by atoms with Crippen molar-refractivity contribution in [3.63, 3.8) is 0 Å². The van der Waals surface area contributed by atoms with Crippen molar-refractivity contribution >= 4 is 5.78 Å². The minimum Gasteiger partial charge on any atom is -0.294 e. The molecule has 0 bridgehead atoms. The lowest BCUT2D eigenvalue weighted by Gasteiger charge is -2.10. The van der Waals surface area contributed by atoms with E-state index in [4.69, 9.17) is 0 Å². The fraction of sp³-hybridized carbons (Fsp3) is 0.429. The summed E-state index contributed by atoms with van der Waals surface area (Å²) in [5.41, 5.74) is 1.71. The average Bonchev–Trinajstić information content (AvgIpc) is 2.87. The molecule has 5 nitrogen and oxygen atoms in total. The Balaban J connectivity index is 2.23. The molecular formula is C14H18N4O. The molecule has 5 heteroatoms. The van der Waals surface area contributed by atoms with E-state index >= 15 is 0 Å². The molecule has 0 aliphatic heterocycles. The molecule has 19 heavy (non-hydrogen) atoms. The van der Waals surface area contributed by atoms with Gasteiger partial charge in [0.05, 0.1) is 6.42 Å². The highest BCUT2D eigenvalue weighted by Crippen LogP contribution is 2.13. The summed E-state index contributed by atoms with van der Waals surface area (Å²) in [6, 6.07) is 1.98. The topological polar surface area (TPSA) is 60.7 Å². The molecule has 2 rings (SSSR count). The predicted octanol–water partition coefficient (Wildman–Crippen LogP) is 2.24. The van der Waals surface area contributed by atoms with Crippen molar-refractivity contribution < 1.29 is 4.79 Å². The number of rotatable bonds is 5. The summed E-state index contributed by atoms with van der Waals surface area (Å²) < 4.78 is 1.78. The zero-order chi connectivity index (χ0) is 13.8. The van der Waals surface area contributed by atoms with Gasteiger partial charge in [-0.05, 0) is 31.9 Å². The van der Waals surface area contributed by atoms with E-state index in [0.29, 0.717) is 5.82 Å². The van der Waals surface area contributed by atoms with Gasteiger partial charge in [-0.25, -0.2) is 9.67 Å². The fourth-order valence-corrected chi connectivity index (χ4v) is 2.05. The van der Waals surface area contributed by atoms with Gasteiger partial charge in [0.25, 0.3) is 0 Å². The molecular weight excluding hydrogens is 240 g/mol. The Morgan fingerprint density at radius 2 is 2.21 bits per heavy atom. The molecule has 2 heterocycles. The Bertz CT molecular complexity index is 574. The van der Waals surface area contributed by atoms with Crippen molar-refractivity contribution in [2.75, 3.05) is 0 Å². The molecule has 2 aromatic rings.